The summed E-state index contributed by atoms with van der Waals surface area (Å²) < 4.78 is 35.3. The molecule has 3 N–H and O–H groups in total. The number of imidazole rings is 1. The number of halogens is 1. The van der Waals surface area contributed by atoms with Crippen LogP contribution in [0.5, 0.6) is 11.5 Å². The van der Waals surface area contributed by atoms with Gasteiger partial charge in [-0.25, -0.2) is 9.37 Å². The molecule has 6 rings (SSSR count). The predicted octanol–water partition coefficient (Wildman–Crippen LogP) is 5.05. The Kier molecular flexibility index (Phi) is 9.54. The van der Waals surface area contributed by atoms with E-state index in [-0.39, 0.29) is 35.5 Å². The molecule has 5 aromatic rings. The molecule has 0 spiro atoms. The first kappa shape index (κ1) is 33.2. The van der Waals surface area contributed by atoms with Crippen molar-refractivity contribution in [3.05, 3.63) is 112 Å². The van der Waals surface area contributed by atoms with Gasteiger partial charge >= 0.3 is 0 Å². The molecule has 0 radical (unpaired) electrons. The normalized spacial score (nSPS) is 19.5. The predicted molar refractivity (Wildman–Crippen MR) is 181 cm³/mol. The van der Waals surface area contributed by atoms with Crippen LogP contribution in [0.15, 0.2) is 90.0 Å². The Bertz CT molecular complexity index is 1890. The first-order valence-electron chi connectivity index (χ1n) is 15.4. The zero-order valence-electron chi connectivity index (χ0n) is 26.8. The number of rotatable bonds is 11. The molecule has 0 saturated carbocycles. The van der Waals surface area contributed by atoms with Crippen molar-refractivity contribution in [2.24, 2.45) is 5.92 Å². The number of H-pyrrole nitrogens is 1. The molecule has 13 heteroatoms. The van der Waals surface area contributed by atoms with E-state index < -0.39 is 34.1 Å². The molecule has 0 aliphatic carbocycles. The van der Waals surface area contributed by atoms with E-state index in [1.165, 1.54) is 10.9 Å². The van der Waals surface area contributed by atoms with Gasteiger partial charge in [-0.2, -0.15) is 4.98 Å². The molecule has 250 valence electrons. The molecule has 3 aromatic carbocycles. The number of carbonyl (C=O) groups is 1. The highest BCUT2D eigenvalue weighted by Crippen LogP contribution is 2.47. The monoisotopic (exact) mass is 673 g/mol. The minimum absolute atomic E-state index is 0.00237. The third-order valence-electron chi connectivity index (χ3n) is 8.40. The van der Waals surface area contributed by atoms with Gasteiger partial charge in [0.15, 0.2) is 11.2 Å². The van der Waals surface area contributed by atoms with Crippen molar-refractivity contribution in [3.63, 3.8) is 0 Å². The number of aromatic amines is 1. The van der Waals surface area contributed by atoms with E-state index in [1.807, 2.05) is 78.9 Å². The largest absolute Gasteiger partial charge is 0.497 e. The Hall–Kier alpha value is -4.72. The Morgan fingerprint density at radius 3 is 2.15 bits per heavy atom. The van der Waals surface area contributed by atoms with E-state index in [0.29, 0.717) is 11.5 Å². The number of aliphatic hydroxyl groups excluding tert-OH is 1. The maximum absolute atomic E-state index is 16.1. The molecule has 48 heavy (non-hydrogen) atoms. The SMILES string of the molecule is COc1ccc(C(OC[C@H]2S[C@@H](n3cnc4c(=O)[nH]c(NC(=O)C(C)C)nc43)[C@H](O)[C@H]2F)(c2ccccc2)c2ccc(OC)cc2)cc1. The van der Waals surface area contributed by atoms with Crippen molar-refractivity contribution < 1.29 is 28.5 Å². The average Bonchev–Trinajstić information content (AvgIpc) is 3.66. The lowest BCUT2D eigenvalue weighted by atomic mass is 9.80. The molecule has 1 aliphatic rings. The lowest BCUT2D eigenvalue weighted by molar-refractivity contribution is -0.118. The van der Waals surface area contributed by atoms with Crippen LogP contribution in [-0.4, -0.2) is 68.9 Å². The zero-order valence-corrected chi connectivity index (χ0v) is 27.6. The van der Waals surface area contributed by atoms with E-state index in [1.54, 1.807) is 28.1 Å². The van der Waals surface area contributed by atoms with Gasteiger partial charge in [-0.05, 0) is 41.0 Å². The summed E-state index contributed by atoms with van der Waals surface area (Å²) in [7, 11) is 3.19. The third kappa shape index (κ3) is 6.16. The highest BCUT2D eigenvalue weighted by Gasteiger charge is 2.47. The van der Waals surface area contributed by atoms with E-state index in [9.17, 15) is 14.7 Å². The number of benzene rings is 3. The van der Waals surface area contributed by atoms with Crippen LogP contribution in [0.25, 0.3) is 11.2 Å². The first-order chi connectivity index (χ1) is 23.2. The third-order valence-corrected chi connectivity index (χ3v) is 9.93. The number of aromatic nitrogens is 4. The Morgan fingerprint density at radius 2 is 1.58 bits per heavy atom. The molecule has 4 atom stereocenters. The van der Waals surface area contributed by atoms with E-state index in [2.05, 4.69) is 20.3 Å². The summed E-state index contributed by atoms with van der Waals surface area (Å²) in [4.78, 5) is 36.2. The van der Waals surface area contributed by atoms with Crippen LogP contribution in [0.4, 0.5) is 10.3 Å². The fourth-order valence-electron chi connectivity index (χ4n) is 5.79. The molecular formula is C35H36FN5O6S. The number of thioether (sulfide) groups is 1. The summed E-state index contributed by atoms with van der Waals surface area (Å²) in [6, 6.07) is 24.7. The van der Waals surface area contributed by atoms with Crippen LogP contribution in [0.2, 0.25) is 0 Å². The molecular weight excluding hydrogens is 637 g/mol. The minimum atomic E-state index is -1.69. The Morgan fingerprint density at radius 1 is 1.00 bits per heavy atom. The first-order valence-corrected chi connectivity index (χ1v) is 16.3. The fourth-order valence-corrected chi connectivity index (χ4v) is 7.20. The number of anilines is 1. The van der Waals surface area contributed by atoms with E-state index >= 15 is 4.39 Å². The van der Waals surface area contributed by atoms with Crippen LogP contribution < -0.4 is 20.3 Å². The summed E-state index contributed by atoms with van der Waals surface area (Å²) >= 11 is 1.16. The van der Waals surface area contributed by atoms with Crippen LogP contribution in [0.3, 0.4) is 0 Å². The van der Waals surface area contributed by atoms with Crippen LogP contribution in [-0.2, 0) is 15.1 Å². The van der Waals surface area contributed by atoms with Gasteiger partial charge < -0.3 is 19.3 Å². The number of fused-ring (bicyclic) bond motifs is 1. The van der Waals surface area contributed by atoms with Gasteiger partial charge in [0.25, 0.3) is 5.56 Å². The fraction of sp³-hybridized carbons (Fsp3) is 0.314. The number of amides is 1. The summed E-state index contributed by atoms with van der Waals surface area (Å²) in [5.74, 6) is 0.589. The molecule has 11 nitrogen and oxygen atoms in total. The summed E-state index contributed by atoms with van der Waals surface area (Å²) in [5.41, 5.74) is 0.754. The number of alkyl halides is 1. The molecule has 1 fully saturated rings. The van der Waals surface area contributed by atoms with Crippen molar-refractivity contribution in [1.29, 1.82) is 0 Å². The van der Waals surface area contributed by atoms with Gasteiger partial charge in [0, 0.05) is 5.92 Å². The zero-order chi connectivity index (χ0) is 34.0. The second-order valence-corrected chi connectivity index (χ2v) is 13.1. The number of aliphatic hydroxyl groups is 1. The molecule has 3 heterocycles. The van der Waals surface area contributed by atoms with Crippen molar-refractivity contribution in [2.45, 2.75) is 42.3 Å². The molecule has 2 aromatic heterocycles. The van der Waals surface area contributed by atoms with Gasteiger partial charge in [-0.15, -0.1) is 11.8 Å². The quantitative estimate of drug-likeness (QED) is 0.164. The Balaban J connectivity index is 1.36. The average molecular weight is 674 g/mol. The summed E-state index contributed by atoms with van der Waals surface area (Å²) in [5, 5.41) is 12.1. The van der Waals surface area contributed by atoms with Crippen molar-refractivity contribution in [2.75, 3.05) is 26.1 Å². The topological polar surface area (TPSA) is 141 Å². The van der Waals surface area contributed by atoms with Crippen molar-refractivity contribution in [3.8, 4) is 11.5 Å². The number of carbonyl (C=O) groups excluding carboxylic acids is 1. The van der Waals surface area contributed by atoms with Crippen LogP contribution >= 0.6 is 11.8 Å². The number of ether oxygens (including phenoxy) is 3. The summed E-state index contributed by atoms with van der Waals surface area (Å²) in [6.45, 7) is 3.32. The van der Waals surface area contributed by atoms with Gasteiger partial charge in [0.2, 0.25) is 11.9 Å². The van der Waals surface area contributed by atoms with Crippen molar-refractivity contribution >= 4 is 34.8 Å². The van der Waals surface area contributed by atoms with E-state index in [4.69, 9.17) is 14.2 Å². The van der Waals surface area contributed by atoms with E-state index in [0.717, 1.165) is 28.5 Å². The van der Waals surface area contributed by atoms with Gasteiger partial charge in [0.05, 0.1) is 32.4 Å². The molecule has 0 bridgehead atoms. The highest BCUT2D eigenvalue weighted by molar-refractivity contribution is 8.00. The van der Waals surface area contributed by atoms with Gasteiger partial charge in [-0.3, -0.25) is 24.5 Å². The molecule has 1 amide bonds. The van der Waals surface area contributed by atoms with Crippen molar-refractivity contribution in [1.82, 2.24) is 19.5 Å². The maximum Gasteiger partial charge on any atom is 0.280 e. The number of hydrogen-bond acceptors (Lipinski definition) is 9. The smallest absolute Gasteiger partial charge is 0.280 e. The second kappa shape index (κ2) is 13.8. The maximum atomic E-state index is 16.1. The van der Waals surface area contributed by atoms with Crippen LogP contribution in [0.1, 0.15) is 35.9 Å². The number of methoxy groups -OCH3 is 2. The summed E-state index contributed by atoms with van der Waals surface area (Å²) in [6.07, 6.45) is -1.82. The lowest BCUT2D eigenvalue weighted by Crippen LogP contribution is -2.37. The van der Waals surface area contributed by atoms with Gasteiger partial charge in [-0.1, -0.05) is 68.4 Å². The number of nitrogens with one attached hydrogen (secondary N) is 2. The molecule has 0 unspecified atom stereocenters. The lowest BCUT2D eigenvalue weighted by Gasteiger charge is -2.37. The molecule has 1 aliphatic heterocycles. The number of nitrogens with zero attached hydrogens (tertiary/aromatic N) is 3. The molecule has 1 saturated heterocycles. The standard InChI is InChI=1S/C35H36FN5O6S/c1-20(2)31(43)39-34-38-30-28(32(44)40-34)37-19-41(30)33-29(42)27(36)26(48-33)18-47-35(21-8-6-5-7-9-21,22-10-14-24(45-3)15-11-22)23-12-16-25(46-4)17-13-23/h5-17,19-20,26-27,29,33,42H,18H2,1-4H3,(H2,38,39,40,43,44)/t26-,27+,29-,33-/m1/s1. The minimum Gasteiger partial charge on any atom is -0.497 e. The second-order valence-electron chi connectivity index (χ2n) is 11.7. The Labute approximate surface area is 280 Å². The number of hydrogen-bond donors (Lipinski definition) is 3. The van der Waals surface area contributed by atoms with Gasteiger partial charge in [0.1, 0.15) is 34.7 Å². The van der Waals surface area contributed by atoms with Crippen LogP contribution in [0, 0.1) is 5.92 Å². The highest BCUT2D eigenvalue weighted by atomic mass is 32.2.